The largest absolute Gasteiger partial charge is 0.394 e. The number of aliphatic hydroxyl groups excluding tert-OH is 1. The topological polar surface area (TPSA) is 32.7 Å². The Morgan fingerprint density at radius 3 is 2.38 bits per heavy atom. The molecule has 2 unspecified atom stereocenters. The first kappa shape index (κ1) is 11.0. The molecule has 3 nitrogen and oxygen atoms in total. The highest BCUT2D eigenvalue weighted by atomic mass is 16.5. The molecule has 78 valence electrons. The summed E-state index contributed by atoms with van der Waals surface area (Å²) >= 11 is 0. The monoisotopic (exact) mass is 187 g/mol. The zero-order valence-electron chi connectivity index (χ0n) is 8.70. The molecule has 0 aromatic rings. The Labute approximate surface area is 80.7 Å². The number of aliphatic hydroxyl groups is 1. The van der Waals surface area contributed by atoms with Crippen LogP contribution in [0.1, 0.15) is 13.8 Å². The second-order valence-electron chi connectivity index (χ2n) is 4.05. The summed E-state index contributed by atoms with van der Waals surface area (Å²) in [6.45, 7) is 9.37. The van der Waals surface area contributed by atoms with E-state index in [0.717, 1.165) is 25.0 Å². The van der Waals surface area contributed by atoms with Gasteiger partial charge in [0.25, 0.3) is 0 Å². The molecular formula is C10H21NO2. The van der Waals surface area contributed by atoms with Gasteiger partial charge in [0, 0.05) is 19.6 Å². The molecule has 0 bridgehead atoms. The molecule has 1 aliphatic rings. The van der Waals surface area contributed by atoms with Crippen molar-refractivity contribution in [2.75, 3.05) is 39.5 Å². The predicted molar refractivity (Wildman–Crippen MR) is 52.7 cm³/mol. The van der Waals surface area contributed by atoms with Gasteiger partial charge in [0.05, 0.1) is 19.8 Å². The standard InChI is InChI=1S/C10H21NO2/c1-9-7-11(8-10(9)2)3-5-13-6-4-12/h9-10,12H,3-8H2,1-2H3. The zero-order chi connectivity index (χ0) is 9.68. The molecule has 1 heterocycles. The minimum atomic E-state index is 0.132. The van der Waals surface area contributed by atoms with Crippen molar-refractivity contribution in [3.05, 3.63) is 0 Å². The second kappa shape index (κ2) is 5.58. The van der Waals surface area contributed by atoms with Crippen LogP contribution in [0.25, 0.3) is 0 Å². The molecule has 0 spiro atoms. The molecule has 1 fully saturated rings. The van der Waals surface area contributed by atoms with Crippen LogP contribution in [0.2, 0.25) is 0 Å². The first-order valence-electron chi connectivity index (χ1n) is 5.15. The van der Waals surface area contributed by atoms with E-state index in [1.165, 1.54) is 13.1 Å². The number of ether oxygens (including phenoxy) is 1. The van der Waals surface area contributed by atoms with E-state index >= 15 is 0 Å². The lowest BCUT2D eigenvalue weighted by Crippen LogP contribution is -2.25. The quantitative estimate of drug-likeness (QED) is 0.639. The molecule has 1 rings (SSSR count). The third kappa shape index (κ3) is 3.63. The minimum absolute atomic E-state index is 0.132. The van der Waals surface area contributed by atoms with E-state index in [2.05, 4.69) is 18.7 Å². The predicted octanol–water partition coefficient (Wildman–Crippen LogP) is 0.583. The van der Waals surface area contributed by atoms with Crippen molar-refractivity contribution in [2.45, 2.75) is 13.8 Å². The van der Waals surface area contributed by atoms with Crippen molar-refractivity contribution in [1.82, 2.24) is 4.90 Å². The third-order valence-electron chi connectivity index (χ3n) is 2.85. The first-order valence-corrected chi connectivity index (χ1v) is 5.15. The van der Waals surface area contributed by atoms with E-state index < -0.39 is 0 Å². The van der Waals surface area contributed by atoms with Crippen molar-refractivity contribution in [2.24, 2.45) is 11.8 Å². The lowest BCUT2D eigenvalue weighted by molar-refractivity contribution is 0.0772. The van der Waals surface area contributed by atoms with Crippen molar-refractivity contribution in [1.29, 1.82) is 0 Å². The molecule has 1 aliphatic heterocycles. The summed E-state index contributed by atoms with van der Waals surface area (Å²) in [5.41, 5.74) is 0. The lowest BCUT2D eigenvalue weighted by atomic mass is 10.0. The van der Waals surface area contributed by atoms with Crippen LogP contribution in [-0.2, 0) is 4.74 Å². The van der Waals surface area contributed by atoms with Crippen LogP contribution in [0.5, 0.6) is 0 Å². The van der Waals surface area contributed by atoms with Gasteiger partial charge in [0.2, 0.25) is 0 Å². The van der Waals surface area contributed by atoms with Gasteiger partial charge in [-0.2, -0.15) is 0 Å². The fraction of sp³-hybridized carbons (Fsp3) is 1.00. The maximum absolute atomic E-state index is 8.50. The highest BCUT2D eigenvalue weighted by Gasteiger charge is 2.25. The Balaban J connectivity index is 2.03. The molecule has 3 heteroatoms. The van der Waals surface area contributed by atoms with Gasteiger partial charge in [-0.1, -0.05) is 13.8 Å². The van der Waals surface area contributed by atoms with Crippen LogP contribution < -0.4 is 0 Å². The highest BCUT2D eigenvalue weighted by Crippen LogP contribution is 2.21. The average molecular weight is 187 g/mol. The SMILES string of the molecule is CC1CN(CCOCCO)CC1C. The van der Waals surface area contributed by atoms with Crippen LogP contribution in [0.4, 0.5) is 0 Å². The van der Waals surface area contributed by atoms with Crippen molar-refractivity contribution in [3.63, 3.8) is 0 Å². The van der Waals surface area contributed by atoms with Gasteiger partial charge < -0.3 is 14.7 Å². The fourth-order valence-electron chi connectivity index (χ4n) is 1.79. The maximum atomic E-state index is 8.50. The maximum Gasteiger partial charge on any atom is 0.0698 e. The second-order valence-corrected chi connectivity index (χ2v) is 4.05. The number of hydrogen-bond acceptors (Lipinski definition) is 3. The molecule has 0 aromatic heterocycles. The third-order valence-corrected chi connectivity index (χ3v) is 2.85. The lowest BCUT2D eigenvalue weighted by Gasteiger charge is -2.14. The Hall–Kier alpha value is -0.120. The smallest absolute Gasteiger partial charge is 0.0698 e. The number of nitrogens with zero attached hydrogens (tertiary/aromatic N) is 1. The number of hydrogen-bond donors (Lipinski definition) is 1. The molecule has 0 radical (unpaired) electrons. The van der Waals surface area contributed by atoms with Crippen molar-refractivity contribution < 1.29 is 9.84 Å². The minimum Gasteiger partial charge on any atom is -0.394 e. The van der Waals surface area contributed by atoms with Crippen LogP contribution in [-0.4, -0.2) is 49.5 Å². The zero-order valence-corrected chi connectivity index (χ0v) is 8.70. The van der Waals surface area contributed by atoms with Gasteiger partial charge in [-0.15, -0.1) is 0 Å². The van der Waals surface area contributed by atoms with Gasteiger partial charge >= 0.3 is 0 Å². The average Bonchev–Trinajstić information content (AvgIpc) is 2.41. The number of rotatable bonds is 5. The molecular weight excluding hydrogens is 166 g/mol. The molecule has 1 saturated heterocycles. The van der Waals surface area contributed by atoms with Crippen LogP contribution in [0.15, 0.2) is 0 Å². The molecule has 0 aliphatic carbocycles. The Bertz CT molecular complexity index is 131. The summed E-state index contributed by atoms with van der Waals surface area (Å²) in [6, 6.07) is 0. The summed E-state index contributed by atoms with van der Waals surface area (Å²) < 4.78 is 5.22. The van der Waals surface area contributed by atoms with Crippen molar-refractivity contribution in [3.8, 4) is 0 Å². The summed E-state index contributed by atoms with van der Waals surface area (Å²) in [4.78, 5) is 2.44. The van der Waals surface area contributed by atoms with E-state index in [0.29, 0.717) is 6.61 Å². The van der Waals surface area contributed by atoms with Crippen LogP contribution in [0.3, 0.4) is 0 Å². The van der Waals surface area contributed by atoms with Gasteiger partial charge in [0.1, 0.15) is 0 Å². The first-order chi connectivity index (χ1) is 6.24. The molecule has 13 heavy (non-hydrogen) atoms. The Kier molecular flexibility index (Phi) is 4.70. The highest BCUT2D eigenvalue weighted by molar-refractivity contribution is 4.77. The van der Waals surface area contributed by atoms with Crippen molar-refractivity contribution >= 4 is 0 Å². The Morgan fingerprint density at radius 1 is 1.23 bits per heavy atom. The Morgan fingerprint density at radius 2 is 1.85 bits per heavy atom. The van der Waals surface area contributed by atoms with E-state index in [-0.39, 0.29) is 6.61 Å². The van der Waals surface area contributed by atoms with Gasteiger partial charge in [-0.05, 0) is 11.8 Å². The van der Waals surface area contributed by atoms with E-state index in [9.17, 15) is 0 Å². The van der Waals surface area contributed by atoms with Gasteiger partial charge in [0.15, 0.2) is 0 Å². The molecule has 1 N–H and O–H groups in total. The summed E-state index contributed by atoms with van der Waals surface area (Å²) in [5.74, 6) is 1.63. The fourth-order valence-corrected chi connectivity index (χ4v) is 1.79. The van der Waals surface area contributed by atoms with E-state index in [1.54, 1.807) is 0 Å². The molecule has 0 aromatic carbocycles. The van der Waals surface area contributed by atoms with E-state index in [4.69, 9.17) is 9.84 Å². The van der Waals surface area contributed by atoms with Gasteiger partial charge in [-0.3, -0.25) is 0 Å². The van der Waals surface area contributed by atoms with E-state index in [1.807, 2.05) is 0 Å². The summed E-state index contributed by atoms with van der Waals surface area (Å²) in [7, 11) is 0. The summed E-state index contributed by atoms with van der Waals surface area (Å²) in [6.07, 6.45) is 0. The molecule has 0 amide bonds. The summed E-state index contributed by atoms with van der Waals surface area (Å²) in [5, 5.41) is 8.50. The van der Waals surface area contributed by atoms with Gasteiger partial charge in [-0.25, -0.2) is 0 Å². The van der Waals surface area contributed by atoms with Crippen LogP contribution >= 0.6 is 0 Å². The molecule has 0 saturated carbocycles. The normalized spacial score (nSPS) is 29.8. The number of likely N-dealkylation sites (tertiary alicyclic amines) is 1. The van der Waals surface area contributed by atoms with Crippen LogP contribution in [0, 0.1) is 11.8 Å². The molecule has 2 atom stereocenters.